The largest absolute Gasteiger partial charge is 0.311 e. The summed E-state index contributed by atoms with van der Waals surface area (Å²) in [7, 11) is 0. The van der Waals surface area contributed by atoms with Gasteiger partial charge < -0.3 is 9.80 Å². The first kappa shape index (κ1) is 44.5. The summed E-state index contributed by atoms with van der Waals surface area (Å²) in [6, 6.07) is 55.3. The van der Waals surface area contributed by atoms with Crippen LogP contribution in [0.2, 0.25) is 0 Å². The van der Waals surface area contributed by atoms with E-state index in [-0.39, 0.29) is 5.41 Å². The van der Waals surface area contributed by atoms with Crippen LogP contribution in [-0.4, -0.2) is 0 Å². The third kappa shape index (κ3) is 10.4. The molecule has 0 bridgehead atoms. The van der Waals surface area contributed by atoms with Crippen LogP contribution < -0.4 is 9.80 Å². The Balaban J connectivity index is 1.31. The fourth-order valence-electron chi connectivity index (χ4n) is 9.03. The minimum absolute atomic E-state index is 0.203. The van der Waals surface area contributed by atoms with E-state index in [1.54, 1.807) is 0 Å². The molecule has 314 valence electrons. The number of hydrogen-bond acceptors (Lipinski definition) is 2. The highest BCUT2D eigenvalue weighted by atomic mass is 15.1. The number of hydrogen-bond donors (Lipinski definition) is 0. The number of benzene rings is 6. The van der Waals surface area contributed by atoms with Gasteiger partial charge in [0.25, 0.3) is 0 Å². The van der Waals surface area contributed by atoms with Crippen molar-refractivity contribution in [2.24, 2.45) is 0 Å². The smallest absolute Gasteiger partial charge is 0.0462 e. The lowest BCUT2D eigenvalue weighted by Crippen LogP contribution is -2.21. The molecule has 0 saturated heterocycles. The van der Waals surface area contributed by atoms with Gasteiger partial charge in [0.05, 0.1) is 0 Å². The molecule has 3 unspecified atom stereocenters. The zero-order valence-electron chi connectivity index (χ0n) is 38.3. The van der Waals surface area contributed by atoms with E-state index >= 15 is 0 Å². The number of unbranched alkanes of at least 4 members (excludes halogenated alkanes) is 1. The zero-order chi connectivity index (χ0) is 42.6. The molecule has 6 aromatic rings. The fraction of sp³-hybridized carbons (Fsp3) is 0.379. The molecule has 0 fully saturated rings. The third-order valence-electron chi connectivity index (χ3n) is 13.4. The van der Waals surface area contributed by atoms with Gasteiger partial charge in [0.15, 0.2) is 0 Å². The Morgan fingerprint density at radius 1 is 0.383 bits per heavy atom. The van der Waals surface area contributed by atoms with Gasteiger partial charge >= 0.3 is 0 Å². The van der Waals surface area contributed by atoms with Gasteiger partial charge in [-0.05, 0) is 161 Å². The predicted molar refractivity (Wildman–Crippen MR) is 264 cm³/mol. The monoisotopic (exact) mass is 797 g/mol. The van der Waals surface area contributed by atoms with Crippen molar-refractivity contribution in [1.82, 2.24) is 0 Å². The van der Waals surface area contributed by atoms with Gasteiger partial charge in [-0.2, -0.15) is 0 Å². The Labute approximate surface area is 364 Å². The number of nitrogens with zero attached hydrogens (tertiary/aromatic N) is 2. The van der Waals surface area contributed by atoms with Crippen molar-refractivity contribution in [3.63, 3.8) is 0 Å². The molecule has 0 N–H and O–H groups in total. The van der Waals surface area contributed by atoms with E-state index < -0.39 is 0 Å². The highest BCUT2D eigenvalue weighted by Gasteiger charge is 2.25. The molecule has 0 aliphatic rings. The predicted octanol–water partition coefficient (Wildman–Crippen LogP) is 18.5. The second-order valence-corrected chi connectivity index (χ2v) is 17.8. The van der Waals surface area contributed by atoms with Crippen molar-refractivity contribution in [2.75, 3.05) is 9.80 Å². The number of rotatable bonds is 20. The third-order valence-corrected chi connectivity index (χ3v) is 13.4. The Bertz CT molecular complexity index is 2160. The fourth-order valence-corrected chi connectivity index (χ4v) is 9.03. The lowest BCUT2D eigenvalue weighted by atomic mass is 9.75. The SMILES string of the molecule is CCCCC(C)c1ccc(N(c2ccc(-c3ccc(N(c4ccc(C(C)CC)cc4)c4ccc(C(C)(CCC)CCC)cc4)cc3)cc2)c2ccc(C(C)CC)cc2)cc1. The molecule has 6 aromatic carbocycles. The van der Waals surface area contributed by atoms with Crippen molar-refractivity contribution in [1.29, 1.82) is 0 Å². The van der Waals surface area contributed by atoms with Crippen molar-refractivity contribution >= 4 is 34.1 Å². The van der Waals surface area contributed by atoms with E-state index in [4.69, 9.17) is 0 Å². The van der Waals surface area contributed by atoms with Crippen LogP contribution >= 0.6 is 0 Å². The summed E-state index contributed by atoms with van der Waals surface area (Å²) < 4.78 is 0. The van der Waals surface area contributed by atoms with Crippen LogP contribution in [0.5, 0.6) is 0 Å². The van der Waals surface area contributed by atoms with Crippen molar-refractivity contribution in [3.8, 4) is 11.1 Å². The summed E-state index contributed by atoms with van der Waals surface area (Å²) in [5.74, 6) is 1.65. The molecule has 0 heterocycles. The summed E-state index contributed by atoms with van der Waals surface area (Å²) in [4.78, 5) is 4.81. The lowest BCUT2D eigenvalue weighted by Gasteiger charge is -2.31. The maximum Gasteiger partial charge on any atom is 0.0462 e. The normalized spacial score (nSPS) is 13.2. The summed E-state index contributed by atoms with van der Waals surface area (Å²) in [6.07, 6.45) is 10.8. The van der Waals surface area contributed by atoms with Crippen molar-refractivity contribution < 1.29 is 0 Å². The van der Waals surface area contributed by atoms with Crippen LogP contribution in [0.4, 0.5) is 34.1 Å². The highest BCUT2D eigenvalue weighted by molar-refractivity contribution is 5.81. The van der Waals surface area contributed by atoms with Crippen molar-refractivity contribution in [3.05, 3.63) is 168 Å². The van der Waals surface area contributed by atoms with Crippen LogP contribution in [0, 0.1) is 0 Å². The Kier molecular flexibility index (Phi) is 15.5. The van der Waals surface area contributed by atoms with Crippen LogP contribution in [0.3, 0.4) is 0 Å². The van der Waals surface area contributed by atoms with E-state index in [2.05, 4.69) is 218 Å². The minimum atomic E-state index is 0.203. The highest BCUT2D eigenvalue weighted by Crippen LogP contribution is 2.41. The van der Waals surface area contributed by atoms with E-state index in [1.165, 1.54) is 101 Å². The molecule has 3 atom stereocenters. The van der Waals surface area contributed by atoms with Gasteiger partial charge in [-0.25, -0.2) is 0 Å². The van der Waals surface area contributed by atoms with Gasteiger partial charge in [-0.3, -0.25) is 0 Å². The first-order chi connectivity index (χ1) is 29.1. The van der Waals surface area contributed by atoms with E-state index in [0.717, 1.165) is 24.2 Å². The Hall–Kier alpha value is -5.08. The Morgan fingerprint density at radius 3 is 0.983 bits per heavy atom. The van der Waals surface area contributed by atoms with Crippen LogP contribution in [0.15, 0.2) is 146 Å². The van der Waals surface area contributed by atoms with Gasteiger partial charge in [-0.15, -0.1) is 0 Å². The minimum Gasteiger partial charge on any atom is -0.311 e. The van der Waals surface area contributed by atoms with Gasteiger partial charge in [0, 0.05) is 34.1 Å². The quantitative estimate of drug-likeness (QED) is 0.0759. The molecule has 6 rings (SSSR count). The standard InChI is InChI=1S/C58H72N2/c1-10-15-16-45(8)48-21-33-54(34-22-48)59(52-29-17-46(18-30-52)43(6)13-4)55-35-23-49(24-36-55)50-25-37-56(38-26-50)60(53-31-19-47(20-32-53)44(7)14-5)57-39-27-51(28-40-57)58(9,41-11-2)42-12-3/h17-40,43-45H,10-16,41-42H2,1-9H3. The summed E-state index contributed by atoms with van der Waals surface area (Å²) in [5.41, 5.74) is 15.3. The molecule has 0 saturated carbocycles. The molecular weight excluding hydrogens is 725 g/mol. The number of anilines is 6. The average Bonchev–Trinajstić information content (AvgIpc) is 3.29. The zero-order valence-corrected chi connectivity index (χ0v) is 38.3. The van der Waals surface area contributed by atoms with Crippen LogP contribution in [-0.2, 0) is 5.41 Å². The van der Waals surface area contributed by atoms with Gasteiger partial charge in [0.2, 0.25) is 0 Å². The molecule has 0 aromatic heterocycles. The molecule has 0 radical (unpaired) electrons. The molecule has 0 amide bonds. The van der Waals surface area contributed by atoms with Crippen LogP contribution in [0.1, 0.15) is 160 Å². The van der Waals surface area contributed by atoms with Crippen molar-refractivity contribution in [2.45, 2.75) is 143 Å². The second-order valence-electron chi connectivity index (χ2n) is 17.8. The molecular formula is C58H72N2. The molecule has 0 aliphatic carbocycles. The maximum absolute atomic E-state index is 2.45. The topological polar surface area (TPSA) is 6.48 Å². The first-order valence-corrected chi connectivity index (χ1v) is 23.3. The Morgan fingerprint density at radius 2 is 0.683 bits per heavy atom. The lowest BCUT2D eigenvalue weighted by molar-refractivity contribution is 0.392. The molecule has 0 spiro atoms. The van der Waals surface area contributed by atoms with Gasteiger partial charge in [0.1, 0.15) is 0 Å². The maximum atomic E-state index is 2.45. The molecule has 0 aliphatic heterocycles. The van der Waals surface area contributed by atoms with E-state index in [1.807, 2.05) is 0 Å². The van der Waals surface area contributed by atoms with Gasteiger partial charge in [-0.1, -0.05) is 161 Å². The summed E-state index contributed by atoms with van der Waals surface area (Å²) >= 11 is 0. The van der Waals surface area contributed by atoms with E-state index in [9.17, 15) is 0 Å². The molecule has 2 heteroatoms. The first-order valence-electron chi connectivity index (χ1n) is 23.3. The van der Waals surface area contributed by atoms with Crippen LogP contribution in [0.25, 0.3) is 11.1 Å². The molecule has 2 nitrogen and oxygen atoms in total. The summed E-state index contributed by atoms with van der Waals surface area (Å²) in [6.45, 7) is 20.9. The average molecular weight is 797 g/mol. The second kappa shape index (κ2) is 20.9. The molecule has 60 heavy (non-hydrogen) atoms. The summed E-state index contributed by atoms with van der Waals surface area (Å²) in [5, 5.41) is 0. The van der Waals surface area contributed by atoms with E-state index in [0.29, 0.717) is 17.8 Å².